The molecule has 0 atom stereocenters. The minimum Gasteiger partial charge on any atom is -0.378 e. The van der Waals surface area contributed by atoms with E-state index in [-0.39, 0.29) is 0 Å². The quantitative estimate of drug-likeness (QED) is 0.868. The van der Waals surface area contributed by atoms with E-state index in [1.807, 2.05) is 30.9 Å². The third-order valence-corrected chi connectivity index (χ3v) is 2.54. The van der Waals surface area contributed by atoms with Gasteiger partial charge in [-0.1, -0.05) is 0 Å². The van der Waals surface area contributed by atoms with E-state index in [2.05, 4.69) is 20.4 Å². The Morgan fingerprint density at radius 3 is 2.83 bits per heavy atom. The van der Waals surface area contributed by atoms with Gasteiger partial charge < -0.3 is 10.1 Å². The molecular formula is C12H17N5O. The fraction of sp³-hybridized carbons (Fsp3) is 0.417. The van der Waals surface area contributed by atoms with Crippen molar-refractivity contribution in [2.75, 3.05) is 19.5 Å². The van der Waals surface area contributed by atoms with Crippen LogP contribution in [-0.2, 0) is 17.9 Å². The van der Waals surface area contributed by atoms with Crippen molar-refractivity contribution in [2.24, 2.45) is 0 Å². The Kier molecular flexibility index (Phi) is 3.88. The van der Waals surface area contributed by atoms with Gasteiger partial charge in [-0.15, -0.1) is 0 Å². The van der Waals surface area contributed by atoms with E-state index in [1.54, 1.807) is 13.3 Å². The van der Waals surface area contributed by atoms with Gasteiger partial charge in [-0.2, -0.15) is 5.10 Å². The first kappa shape index (κ1) is 12.5. The van der Waals surface area contributed by atoms with E-state index in [0.717, 1.165) is 23.6 Å². The maximum absolute atomic E-state index is 5.11. The van der Waals surface area contributed by atoms with Gasteiger partial charge >= 0.3 is 0 Å². The highest BCUT2D eigenvalue weighted by Crippen LogP contribution is 2.17. The largest absolute Gasteiger partial charge is 0.378 e. The molecule has 0 aliphatic carbocycles. The molecule has 18 heavy (non-hydrogen) atoms. The van der Waals surface area contributed by atoms with Crippen LogP contribution in [0.25, 0.3) is 11.4 Å². The van der Waals surface area contributed by atoms with Crippen LogP contribution in [0.5, 0.6) is 0 Å². The predicted octanol–water partition coefficient (Wildman–Crippen LogP) is 1.55. The average Bonchev–Trinajstić information content (AvgIpc) is 2.87. The number of nitrogens with zero attached hydrogens (tertiary/aromatic N) is 4. The van der Waals surface area contributed by atoms with E-state index >= 15 is 0 Å². The Morgan fingerprint density at radius 1 is 1.39 bits per heavy atom. The van der Waals surface area contributed by atoms with Crippen molar-refractivity contribution in [1.29, 1.82) is 0 Å². The second kappa shape index (κ2) is 5.59. The number of aryl methyl sites for hydroxylation is 1. The van der Waals surface area contributed by atoms with Gasteiger partial charge in [0.1, 0.15) is 5.82 Å². The van der Waals surface area contributed by atoms with Crippen LogP contribution in [0.1, 0.15) is 12.6 Å². The Bertz CT molecular complexity index is 523. The third kappa shape index (κ3) is 2.65. The lowest BCUT2D eigenvalue weighted by molar-refractivity contribution is 0.181. The van der Waals surface area contributed by atoms with E-state index in [9.17, 15) is 0 Å². The number of hydrogen-bond acceptors (Lipinski definition) is 5. The lowest BCUT2D eigenvalue weighted by atomic mass is 10.3. The molecule has 0 amide bonds. The summed E-state index contributed by atoms with van der Waals surface area (Å²) in [5.41, 5.74) is 1.75. The second-order valence-corrected chi connectivity index (χ2v) is 3.84. The van der Waals surface area contributed by atoms with Gasteiger partial charge in [-0.05, 0) is 6.92 Å². The molecule has 0 bridgehead atoms. The van der Waals surface area contributed by atoms with Gasteiger partial charge in [-0.3, -0.25) is 4.68 Å². The van der Waals surface area contributed by atoms with Crippen molar-refractivity contribution in [3.8, 4) is 11.4 Å². The summed E-state index contributed by atoms with van der Waals surface area (Å²) in [7, 11) is 3.48. The summed E-state index contributed by atoms with van der Waals surface area (Å²) in [6, 6.07) is 1.87. The first-order valence-corrected chi connectivity index (χ1v) is 5.84. The number of nitrogens with one attached hydrogen (secondary N) is 1. The molecule has 0 saturated heterocycles. The normalized spacial score (nSPS) is 10.6. The van der Waals surface area contributed by atoms with Crippen LogP contribution in [0.3, 0.4) is 0 Å². The van der Waals surface area contributed by atoms with Crippen LogP contribution in [0, 0.1) is 0 Å². The highest BCUT2D eigenvalue weighted by Gasteiger charge is 2.08. The molecule has 0 unspecified atom stereocenters. The molecule has 0 spiro atoms. The van der Waals surface area contributed by atoms with Gasteiger partial charge in [0, 0.05) is 33.0 Å². The lowest BCUT2D eigenvalue weighted by Crippen LogP contribution is -2.01. The minimum absolute atomic E-state index is 0.464. The summed E-state index contributed by atoms with van der Waals surface area (Å²) in [6.07, 6.45) is 3.71. The summed E-state index contributed by atoms with van der Waals surface area (Å²) in [5.74, 6) is 1.44. The maximum Gasteiger partial charge on any atom is 0.165 e. The fourth-order valence-corrected chi connectivity index (χ4v) is 1.63. The monoisotopic (exact) mass is 247 g/mol. The van der Waals surface area contributed by atoms with Crippen molar-refractivity contribution in [1.82, 2.24) is 19.7 Å². The zero-order valence-electron chi connectivity index (χ0n) is 10.8. The van der Waals surface area contributed by atoms with Crippen molar-refractivity contribution < 1.29 is 4.74 Å². The van der Waals surface area contributed by atoms with Crippen LogP contribution < -0.4 is 5.32 Å². The van der Waals surface area contributed by atoms with Gasteiger partial charge in [0.05, 0.1) is 24.1 Å². The molecule has 6 heteroatoms. The molecule has 0 aliphatic heterocycles. The maximum atomic E-state index is 5.11. The SMILES string of the molecule is CCn1cc(-c2nc(COC)cc(NC)n2)cn1. The number of rotatable bonds is 5. The Morgan fingerprint density at radius 2 is 2.22 bits per heavy atom. The summed E-state index contributed by atoms with van der Waals surface area (Å²) < 4.78 is 6.95. The molecule has 0 fully saturated rings. The van der Waals surface area contributed by atoms with E-state index in [0.29, 0.717) is 12.4 Å². The van der Waals surface area contributed by atoms with E-state index < -0.39 is 0 Å². The third-order valence-electron chi connectivity index (χ3n) is 2.54. The van der Waals surface area contributed by atoms with Gasteiger partial charge in [-0.25, -0.2) is 9.97 Å². The molecule has 0 saturated carbocycles. The molecule has 2 rings (SSSR count). The average molecular weight is 247 g/mol. The van der Waals surface area contributed by atoms with Crippen LogP contribution in [0.4, 0.5) is 5.82 Å². The standard InChI is InChI=1S/C12H17N5O/c1-4-17-7-9(6-14-17)12-15-10(8-18-3)5-11(13-2)16-12/h5-7H,4,8H2,1-3H3,(H,13,15,16). The molecule has 0 radical (unpaired) electrons. The zero-order chi connectivity index (χ0) is 13.0. The van der Waals surface area contributed by atoms with Crippen molar-refractivity contribution in [3.63, 3.8) is 0 Å². The van der Waals surface area contributed by atoms with Crippen molar-refractivity contribution in [3.05, 3.63) is 24.2 Å². The van der Waals surface area contributed by atoms with Crippen LogP contribution in [0.2, 0.25) is 0 Å². The number of aromatic nitrogens is 4. The molecule has 0 aromatic carbocycles. The van der Waals surface area contributed by atoms with Crippen LogP contribution in [-0.4, -0.2) is 33.9 Å². The summed E-state index contributed by atoms with van der Waals surface area (Å²) >= 11 is 0. The number of methoxy groups -OCH3 is 1. The highest BCUT2D eigenvalue weighted by molar-refractivity contribution is 5.55. The molecule has 2 aromatic rings. The fourth-order valence-electron chi connectivity index (χ4n) is 1.63. The Labute approximate surface area is 106 Å². The van der Waals surface area contributed by atoms with Gasteiger partial charge in [0.2, 0.25) is 0 Å². The Hall–Kier alpha value is -1.95. The highest BCUT2D eigenvalue weighted by atomic mass is 16.5. The summed E-state index contributed by atoms with van der Waals surface area (Å²) in [6.45, 7) is 3.33. The van der Waals surface area contributed by atoms with E-state index in [1.165, 1.54) is 0 Å². The number of anilines is 1. The molecule has 96 valence electrons. The predicted molar refractivity (Wildman–Crippen MR) is 69.2 cm³/mol. The second-order valence-electron chi connectivity index (χ2n) is 3.84. The molecule has 2 heterocycles. The summed E-state index contributed by atoms with van der Waals surface area (Å²) in [5, 5.41) is 7.25. The van der Waals surface area contributed by atoms with Gasteiger partial charge in [0.25, 0.3) is 0 Å². The van der Waals surface area contributed by atoms with E-state index in [4.69, 9.17) is 4.74 Å². The number of hydrogen-bond donors (Lipinski definition) is 1. The molecule has 2 aromatic heterocycles. The van der Waals surface area contributed by atoms with Gasteiger partial charge in [0.15, 0.2) is 5.82 Å². The lowest BCUT2D eigenvalue weighted by Gasteiger charge is -2.05. The number of ether oxygens (including phenoxy) is 1. The topological polar surface area (TPSA) is 64.9 Å². The smallest absolute Gasteiger partial charge is 0.165 e. The molecule has 6 nitrogen and oxygen atoms in total. The van der Waals surface area contributed by atoms with Crippen molar-refractivity contribution >= 4 is 5.82 Å². The van der Waals surface area contributed by atoms with Crippen molar-refractivity contribution in [2.45, 2.75) is 20.1 Å². The van der Waals surface area contributed by atoms with Crippen LogP contribution >= 0.6 is 0 Å². The first-order valence-electron chi connectivity index (χ1n) is 5.84. The van der Waals surface area contributed by atoms with Crippen LogP contribution in [0.15, 0.2) is 18.5 Å². The Balaban J connectivity index is 2.39. The summed E-state index contributed by atoms with van der Waals surface area (Å²) in [4.78, 5) is 8.88. The molecular weight excluding hydrogens is 230 g/mol. The zero-order valence-corrected chi connectivity index (χ0v) is 10.8. The minimum atomic E-state index is 0.464. The first-order chi connectivity index (χ1) is 8.76. The molecule has 0 aliphatic rings. The molecule has 1 N–H and O–H groups in total.